The van der Waals surface area contributed by atoms with E-state index in [4.69, 9.17) is 10.5 Å². The summed E-state index contributed by atoms with van der Waals surface area (Å²) in [5.41, 5.74) is 5.46. The Morgan fingerprint density at radius 3 is 2.24 bits per heavy atom. The van der Waals surface area contributed by atoms with Crippen LogP contribution in [-0.2, 0) is 4.74 Å². The number of rotatable bonds is 4. The molecular weight excluding hydrogens is 233 g/mol. The van der Waals surface area contributed by atoms with Crippen LogP contribution in [0.2, 0.25) is 0 Å². The fraction of sp³-hybridized carbons (Fsp3) is 1.00. The van der Waals surface area contributed by atoms with E-state index in [-0.39, 0.29) is 0 Å². The second-order valence-electron chi connectivity index (χ2n) is 4.78. The standard InChI is InChI=1S/C11H21F3N2O/c1-8(15)10(11(12,13)14)16-5-3-9(4-6-16)7-17-2/h8-10H,3-7,15H2,1-2H3. The summed E-state index contributed by atoms with van der Waals surface area (Å²) in [4.78, 5) is 1.46. The highest BCUT2D eigenvalue weighted by Gasteiger charge is 2.46. The van der Waals surface area contributed by atoms with Gasteiger partial charge in [-0.05, 0) is 38.8 Å². The van der Waals surface area contributed by atoms with E-state index in [0.717, 1.165) is 12.8 Å². The van der Waals surface area contributed by atoms with Crippen LogP contribution in [0.5, 0.6) is 0 Å². The minimum Gasteiger partial charge on any atom is -0.384 e. The number of hydrogen-bond acceptors (Lipinski definition) is 3. The van der Waals surface area contributed by atoms with Crippen LogP contribution in [0, 0.1) is 5.92 Å². The first kappa shape index (κ1) is 14.7. The maximum atomic E-state index is 12.9. The lowest BCUT2D eigenvalue weighted by Gasteiger charge is -2.39. The Kier molecular flexibility index (Phi) is 5.22. The van der Waals surface area contributed by atoms with Crippen LogP contribution in [0.3, 0.4) is 0 Å². The van der Waals surface area contributed by atoms with E-state index in [1.165, 1.54) is 11.8 Å². The number of piperidine rings is 1. The first-order valence-corrected chi connectivity index (χ1v) is 5.91. The second-order valence-corrected chi connectivity index (χ2v) is 4.78. The average Bonchev–Trinajstić information content (AvgIpc) is 2.18. The molecular formula is C11H21F3N2O. The van der Waals surface area contributed by atoms with Crippen molar-refractivity contribution in [1.82, 2.24) is 4.90 Å². The molecule has 3 nitrogen and oxygen atoms in total. The molecule has 0 aliphatic carbocycles. The van der Waals surface area contributed by atoms with Gasteiger partial charge in [-0.15, -0.1) is 0 Å². The molecule has 1 rings (SSSR count). The van der Waals surface area contributed by atoms with E-state index in [1.807, 2.05) is 0 Å². The number of nitrogens with two attached hydrogens (primary N) is 1. The minimum atomic E-state index is -4.25. The molecule has 0 bridgehead atoms. The average molecular weight is 254 g/mol. The van der Waals surface area contributed by atoms with Crippen LogP contribution >= 0.6 is 0 Å². The Morgan fingerprint density at radius 1 is 1.35 bits per heavy atom. The van der Waals surface area contributed by atoms with Crippen molar-refractivity contribution < 1.29 is 17.9 Å². The second kappa shape index (κ2) is 6.02. The van der Waals surface area contributed by atoms with Gasteiger partial charge >= 0.3 is 6.18 Å². The van der Waals surface area contributed by atoms with Crippen molar-refractivity contribution in [2.24, 2.45) is 11.7 Å². The molecule has 0 saturated carbocycles. The van der Waals surface area contributed by atoms with E-state index >= 15 is 0 Å². The molecule has 0 aromatic carbocycles. The quantitative estimate of drug-likeness (QED) is 0.828. The molecule has 0 spiro atoms. The Hall–Kier alpha value is -0.330. The van der Waals surface area contributed by atoms with Crippen molar-refractivity contribution in [3.8, 4) is 0 Å². The van der Waals surface area contributed by atoms with Gasteiger partial charge in [0.15, 0.2) is 0 Å². The van der Waals surface area contributed by atoms with Gasteiger partial charge in [-0.2, -0.15) is 13.2 Å². The molecule has 0 radical (unpaired) electrons. The molecule has 2 unspecified atom stereocenters. The summed E-state index contributed by atoms with van der Waals surface area (Å²) >= 11 is 0. The largest absolute Gasteiger partial charge is 0.405 e. The Bertz CT molecular complexity index is 225. The summed E-state index contributed by atoms with van der Waals surface area (Å²) in [7, 11) is 1.62. The Morgan fingerprint density at radius 2 is 1.88 bits per heavy atom. The van der Waals surface area contributed by atoms with Crippen LogP contribution in [0.4, 0.5) is 13.2 Å². The number of methoxy groups -OCH3 is 1. The first-order valence-electron chi connectivity index (χ1n) is 5.91. The summed E-state index contributed by atoms with van der Waals surface area (Å²) in [6.07, 6.45) is -2.76. The maximum Gasteiger partial charge on any atom is 0.405 e. The van der Waals surface area contributed by atoms with Gasteiger partial charge in [0.25, 0.3) is 0 Å². The van der Waals surface area contributed by atoms with Crippen molar-refractivity contribution in [2.45, 2.75) is 38.0 Å². The van der Waals surface area contributed by atoms with Crippen LogP contribution < -0.4 is 5.73 Å². The predicted octanol–water partition coefficient (Wildman–Crippen LogP) is 1.62. The van der Waals surface area contributed by atoms with Crippen LogP contribution in [-0.4, -0.2) is 50.0 Å². The SMILES string of the molecule is COCC1CCN(C(C(C)N)C(F)(F)F)CC1. The van der Waals surface area contributed by atoms with Gasteiger partial charge < -0.3 is 10.5 Å². The topological polar surface area (TPSA) is 38.5 Å². The molecule has 0 amide bonds. The maximum absolute atomic E-state index is 12.9. The minimum absolute atomic E-state index is 0.373. The Balaban J connectivity index is 2.56. The highest BCUT2D eigenvalue weighted by molar-refractivity contribution is 4.88. The highest BCUT2D eigenvalue weighted by atomic mass is 19.4. The third kappa shape index (κ3) is 4.12. The molecule has 102 valence electrons. The number of ether oxygens (including phenoxy) is 1. The zero-order valence-electron chi connectivity index (χ0n) is 10.3. The van der Waals surface area contributed by atoms with Crippen LogP contribution in [0.25, 0.3) is 0 Å². The van der Waals surface area contributed by atoms with Gasteiger partial charge in [0, 0.05) is 19.8 Å². The lowest BCUT2D eigenvalue weighted by Crippen LogP contribution is -2.57. The van der Waals surface area contributed by atoms with Crippen LogP contribution in [0.15, 0.2) is 0 Å². The number of likely N-dealkylation sites (tertiary alicyclic amines) is 1. The molecule has 17 heavy (non-hydrogen) atoms. The van der Waals surface area contributed by atoms with Gasteiger partial charge in [-0.3, -0.25) is 4.90 Å². The normalized spacial score (nSPS) is 23.6. The molecule has 1 aliphatic heterocycles. The molecule has 1 aliphatic rings. The lowest BCUT2D eigenvalue weighted by atomic mass is 9.95. The zero-order valence-corrected chi connectivity index (χ0v) is 10.3. The van der Waals surface area contributed by atoms with E-state index in [1.54, 1.807) is 7.11 Å². The first-order chi connectivity index (χ1) is 7.86. The number of hydrogen-bond donors (Lipinski definition) is 1. The van der Waals surface area contributed by atoms with E-state index < -0.39 is 18.3 Å². The summed E-state index contributed by atoms with van der Waals surface area (Å²) in [6.45, 7) is 2.93. The number of alkyl halides is 3. The molecule has 2 N–H and O–H groups in total. The fourth-order valence-electron chi connectivity index (χ4n) is 2.47. The van der Waals surface area contributed by atoms with Gasteiger partial charge in [-0.1, -0.05) is 0 Å². The summed E-state index contributed by atoms with van der Waals surface area (Å²) < 4.78 is 43.6. The highest BCUT2D eigenvalue weighted by Crippen LogP contribution is 2.30. The van der Waals surface area contributed by atoms with Gasteiger partial charge in [-0.25, -0.2) is 0 Å². The summed E-state index contributed by atoms with van der Waals surface area (Å²) in [5, 5.41) is 0. The molecule has 2 atom stereocenters. The lowest BCUT2D eigenvalue weighted by molar-refractivity contribution is -0.191. The van der Waals surface area contributed by atoms with Crippen molar-refractivity contribution in [1.29, 1.82) is 0 Å². The molecule has 6 heteroatoms. The van der Waals surface area contributed by atoms with Crippen molar-refractivity contribution >= 4 is 0 Å². The monoisotopic (exact) mass is 254 g/mol. The zero-order chi connectivity index (χ0) is 13.1. The Labute approximate surface area is 100 Å². The van der Waals surface area contributed by atoms with Gasteiger partial charge in [0.1, 0.15) is 6.04 Å². The van der Waals surface area contributed by atoms with E-state index in [2.05, 4.69) is 0 Å². The van der Waals surface area contributed by atoms with Crippen molar-refractivity contribution in [3.63, 3.8) is 0 Å². The number of halogens is 3. The summed E-state index contributed by atoms with van der Waals surface area (Å²) in [5.74, 6) is 0.373. The smallest absolute Gasteiger partial charge is 0.384 e. The third-order valence-electron chi connectivity index (χ3n) is 3.28. The van der Waals surface area contributed by atoms with E-state index in [0.29, 0.717) is 25.6 Å². The summed E-state index contributed by atoms with van der Waals surface area (Å²) in [6, 6.07) is -2.42. The molecule has 0 aromatic heterocycles. The van der Waals surface area contributed by atoms with Gasteiger partial charge in [0.05, 0.1) is 0 Å². The number of nitrogens with zero attached hydrogens (tertiary/aromatic N) is 1. The predicted molar refractivity (Wildman–Crippen MR) is 59.7 cm³/mol. The fourth-order valence-corrected chi connectivity index (χ4v) is 2.47. The van der Waals surface area contributed by atoms with Crippen molar-refractivity contribution in [3.05, 3.63) is 0 Å². The van der Waals surface area contributed by atoms with Crippen molar-refractivity contribution in [2.75, 3.05) is 26.8 Å². The van der Waals surface area contributed by atoms with Gasteiger partial charge in [0.2, 0.25) is 0 Å². The third-order valence-corrected chi connectivity index (χ3v) is 3.28. The molecule has 1 heterocycles. The molecule has 0 aromatic rings. The van der Waals surface area contributed by atoms with E-state index in [9.17, 15) is 13.2 Å². The van der Waals surface area contributed by atoms with Crippen LogP contribution in [0.1, 0.15) is 19.8 Å². The molecule has 1 fully saturated rings. The molecule has 1 saturated heterocycles.